The molecule has 2 unspecified atom stereocenters. The Morgan fingerprint density at radius 1 is 1.70 bits per heavy atom. The van der Waals surface area contributed by atoms with Gasteiger partial charge in [-0.1, -0.05) is 6.92 Å². The molecule has 2 N–H and O–H groups in total. The van der Waals surface area contributed by atoms with E-state index in [9.17, 15) is 0 Å². The average molecular weight is 145 g/mol. The van der Waals surface area contributed by atoms with Crippen molar-refractivity contribution in [3.05, 3.63) is 0 Å². The Kier molecular flexibility index (Phi) is 2.28. The highest BCUT2D eigenvalue weighted by Gasteiger charge is 2.34. The molecule has 0 aromatic carbocycles. The largest absolute Gasteiger partial charge is 0.347 e. The number of hydrogen-bond donors (Lipinski definition) is 1. The van der Waals surface area contributed by atoms with Crippen molar-refractivity contribution in [3.8, 4) is 0 Å². The number of hydrogen-bond acceptors (Lipinski definition) is 3. The van der Waals surface area contributed by atoms with Gasteiger partial charge < -0.3 is 15.2 Å². The van der Waals surface area contributed by atoms with Gasteiger partial charge in [0.2, 0.25) is 0 Å². The van der Waals surface area contributed by atoms with E-state index < -0.39 is 0 Å². The molecular weight excluding hydrogens is 130 g/mol. The van der Waals surface area contributed by atoms with Crippen molar-refractivity contribution in [1.29, 1.82) is 0 Å². The van der Waals surface area contributed by atoms with E-state index in [1.54, 1.807) is 0 Å². The van der Waals surface area contributed by atoms with Gasteiger partial charge in [0.15, 0.2) is 5.79 Å². The summed E-state index contributed by atoms with van der Waals surface area (Å²) in [7, 11) is 0. The molecule has 1 aliphatic heterocycles. The molecule has 1 fully saturated rings. The van der Waals surface area contributed by atoms with Crippen molar-refractivity contribution >= 4 is 0 Å². The molecule has 3 nitrogen and oxygen atoms in total. The van der Waals surface area contributed by atoms with E-state index in [-0.39, 0.29) is 11.9 Å². The quantitative estimate of drug-likeness (QED) is 0.615. The van der Waals surface area contributed by atoms with Crippen LogP contribution >= 0.6 is 0 Å². The lowest BCUT2D eigenvalue weighted by Gasteiger charge is -2.20. The van der Waals surface area contributed by atoms with Crippen molar-refractivity contribution < 1.29 is 9.47 Å². The molecule has 60 valence electrons. The third-order valence-electron chi connectivity index (χ3n) is 1.90. The Bertz CT molecular complexity index is 118. The molecule has 0 aromatic rings. The minimum atomic E-state index is -0.371. The summed E-state index contributed by atoms with van der Waals surface area (Å²) in [5, 5.41) is 0. The van der Waals surface area contributed by atoms with Crippen molar-refractivity contribution in [2.75, 3.05) is 13.2 Å². The van der Waals surface area contributed by atoms with Crippen LogP contribution in [0.15, 0.2) is 0 Å². The Labute approximate surface area is 61.5 Å². The first-order valence-corrected chi connectivity index (χ1v) is 3.72. The summed E-state index contributed by atoms with van der Waals surface area (Å²) in [6.07, 6.45) is 0.980. The first-order valence-electron chi connectivity index (χ1n) is 3.72. The standard InChI is InChI=1S/C7H15NO2/c1-3-7(2)9-5-6(4-8)10-7/h6H,3-5,8H2,1-2H3. The molecule has 0 aromatic heterocycles. The third kappa shape index (κ3) is 1.48. The maximum absolute atomic E-state index is 5.50. The fourth-order valence-corrected chi connectivity index (χ4v) is 0.991. The number of nitrogens with two attached hydrogens (primary N) is 1. The highest BCUT2D eigenvalue weighted by molar-refractivity contribution is 4.73. The van der Waals surface area contributed by atoms with Crippen LogP contribution in [0.3, 0.4) is 0 Å². The van der Waals surface area contributed by atoms with Crippen LogP contribution in [-0.2, 0) is 9.47 Å². The fraction of sp³-hybridized carbons (Fsp3) is 1.00. The summed E-state index contributed by atoms with van der Waals surface area (Å²) >= 11 is 0. The highest BCUT2D eigenvalue weighted by Crippen LogP contribution is 2.25. The molecule has 0 saturated carbocycles. The summed E-state index contributed by atoms with van der Waals surface area (Å²) in [6.45, 7) is 5.18. The predicted molar refractivity (Wildman–Crippen MR) is 38.6 cm³/mol. The molecule has 0 amide bonds. The maximum Gasteiger partial charge on any atom is 0.165 e. The lowest BCUT2D eigenvalue weighted by atomic mass is 10.2. The average Bonchev–Trinajstić information content (AvgIpc) is 2.33. The van der Waals surface area contributed by atoms with Crippen LogP contribution in [0.5, 0.6) is 0 Å². The fourth-order valence-electron chi connectivity index (χ4n) is 0.991. The summed E-state index contributed by atoms with van der Waals surface area (Å²) in [4.78, 5) is 0. The zero-order valence-corrected chi connectivity index (χ0v) is 6.59. The molecule has 10 heavy (non-hydrogen) atoms. The van der Waals surface area contributed by atoms with Crippen molar-refractivity contribution in [2.24, 2.45) is 5.73 Å². The van der Waals surface area contributed by atoms with E-state index in [0.29, 0.717) is 13.2 Å². The van der Waals surface area contributed by atoms with Gasteiger partial charge in [0, 0.05) is 6.54 Å². The summed E-state index contributed by atoms with van der Waals surface area (Å²) in [5.74, 6) is -0.371. The molecule has 0 aliphatic carbocycles. The van der Waals surface area contributed by atoms with Gasteiger partial charge in [-0.25, -0.2) is 0 Å². The van der Waals surface area contributed by atoms with Crippen LogP contribution in [0.1, 0.15) is 20.3 Å². The molecule has 0 spiro atoms. The van der Waals surface area contributed by atoms with Crippen molar-refractivity contribution in [1.82, 2.24) is 0 Å². The highest BCUT2D eigenvalue weighted by atomic mass is 16.7. The normalized spacial score (nSPS) is 40.5. The van der Waals surface area contributed by atoms with E-state index in [4.69, 9.17) is 15.2 Å². The summed E-state index contributed by atoms with van der Waals surface area (Å²) in [5.41, 5.74) is 5.40. The van der Waals surface area contributed by atoms with Crippen LogP contribution in [0.25, 0.3) is 0 Å². The molecule has 3 heteroatoms. The Hall–Kier alpha value is -0.120. The second-order valence-corrected chi connectivity index (χ2v) is 2.77. The van der Waals surface area contributed by atoms with Crippen LogP contribution in [-0.4, -0.2) is 25.0 Å². The maximum atomic E-state index is 5.50. The van der Waals surface area contributed by atoms with E-state index in [1.165, 1.54) is 0 Å². The Balaban J connectivity index is 2.41. The molecule has 2 atom stereocenters. The molecule has 0 bridgehead atoms. The number of rotatable bonds is 2. The monoisotopic (exact) mass is 145 g/mol. The second kappa shape index (κ2) is 2.86. The lowest BCUT2D eigenvalue weighted by Crippen LogP contribution is -2.28. The van der Waals surface area contributed by atoms with Crippen molar-refractivity contribution in [2.45, 2.75) is 32.2 Å². The van der Waals surface area contributed by atoms with E-state index >= 15 is 0 Å². The lowest BCUT2D eigenvalue weighted by molar-refractivity contribution is -0.154. The minimum Gasteiger partial charge on any atom is -0.347 e. The SMILES string of the molecule is CCC1(C)OCC(CN)O1. The van der Waals surface area contributed by atoms with E-state index in [2.05, 4.69) is 0 Å². The van der Waals surface area contributed by atoms with Gasteiger partial charge in [-0.3, -0.25) is 0 Å². The second-order valence-electron chi connectivity index (χ2n) is 2.77. The van der Waals surface area contributed by atoms with E-state index in [1.807, 2.05) is 13.8 Å². The Morgan fingerprint density at radius 2 is 2.40 bits per heavy atom. The topological polar surface area (TPSA) is 44.5 Å². The van der Waals surface area contributed by atoms with Crippen molar-refractivity contribution in [3.63, 3.8) is 0 Å². The molecule has 1 heterocycles. The summed E-state index contributed by atoms with van der Waals surface area (Å²) < 4.78 is 10.9. The first-order chi connectivity index (χ1) is 4.70. The van der Waals surface area contributed by atoms with Gasteiger partial charge in [0.25, 0.3) is 0 Å². The smallest absolute Gasteiger partial charge is 0.165 e. The van der Waals surface area contributed by atoms with Crippen LogP contribution in [0.2, 0.25) is 0 Å². The molecule has 0 radical (unpaired) electrons. The van der Waals surface area contributed by atoms with Gasteiger partial charge >= 0.3 is 0 Å². The molecular formula is C7H15NO2. The van der Waals surface area contributed by atoms with Gasteiger partial charge in [0.05, 0.1) is 12.7 Å². The van der Waals surface area contributed by atoms with Gasteiger partial charge in [-0.05, 0) is 13.3 Å². The first kappa shape index (κ1) is 7.98. The van der Waals surface area contributed by atoms with Crippen LogP contribution in [0.4, 0.5) is 0 Å². The molecule has 1 rings (SSSR count). The van der Waals surface area contributed by atoms with Gasteiger partial charge in [-0.2, -0.15) is 0 Å². The third-order valence-corrected chi connectivity index (χ3v) is 1.90. The zero-order valence-electron chi connectivity index (χ0n) is 6.59. The number of ether oxygens (including phenoxy) is 2. The minimum absolute atomic E-state index is 0.102. The zero-order chi connectivity index (χ0) is 7.61. The van der Waals surface area contributed by atoms with Crippen LogP contribution < -0.4 is 5.73 Å². The predicted octanol–water partition coefficient (Wildman–Crippen LogP) is 0.487. The van der Waals surface area contributed by atoms with Crippen LogP contribution in [0, 0.1) is 0 Å². The molecule has 1 aliphatic rings. The van der Waals surface area contributed by atoms with Gasteiger partial charge in [0.1, 0.15) is 0 Å². The van der Waals surface area contributed by atoms with E-state index in [0.717, 1.165) is 6.42 Å². The summed E-state index contributed by atoms with van der Waals surface area (Å²) in [6, 6.07) is 0. The van der Waals surface area contributed by atoms with Gasteiger partial charge in [-0.15, -0.1) is 0 Å². The molecule has 1 saturated heterocycles. The Morgan fingerprint density at radius 3 is 2.70 bits per heavy atom.